The van der Waals surface area contributed by atoms with Crippen LogP contribution in [0.5, 0.6) is 5.75 Å². The van der Waals surface area contributed by atoms with Crippen molar-refractivity contribution in [3.8, 4) is 5.75 Å². The Kier molecular flexibility index (Phi) is 7.94. The van der Waals surface area contributed by atoms with Gasteiger partial charge < -0.3 is 15.4 Å². The minimum Gasteiger partial charge on any atom is -0.495 e. The number of sulfonamides is 1. The van der Waals surface area contributed by atoms with E-state index in [4.69, 9.17) is 4.74 Å². The molecule has 1 atom stereocenters. The van der Waals surface area contributed by atoms with Crippen molar-refractivity contribution in [3.63, 3.8) is 0 Å². The first-order chi connectivity index (χ1) is 14.1. The molecule has 0 fully saturated rings. The molecule has 9 heteroatoms. The fourth-order valence-corrected chi connectivity index (χ4v) is 3.89. The Hall–Kier alpha value is -2.49. The molecule has 0 heterocycles. The molecule has 0 saturated carbocycles. The summed E-state index contributed by atoms with van der Waals surface area (Å²) in [6, 6.07) is 10.3. The van der Waals surface area contributed by atoms with Crippen LogP contribution in [0, 0.1) is 11.7 Å². The van der Waals surface area contributed by atoms with Gasteiger partial charge in [0.15, 0.2) is 0 Å². The molecule has 0 spiro atoms. The van der Waals surface area contributed by atoms with Crippen LogP contribution in [0.3, 0.4) is 0 Å². The highest BCUT2D eigenvalue weighted by Crippen LogP contribution is 2.28. The van der Waals surface area contributed by atoms with Crippen molar-refractivity contribution in [2.75, 3.05) is 33.1 Å². The van der Waals surface area contributed by atoms with E-state index in [9.17, 15) is 17.6 Å². The van der Waals surface area contributed by atoms with Crippen LogP contribution in [0.15, 0.2) is 47.4 Å². The normalized spacial score (nSPS) is 12.8. The molecule has 0 aliphatic heterocycles. The Balaban J connectivity index is 2.15. The number of benzene rings is 2. The Bertz CT molecular complexity index is 976. The van der Waals surface area contributed by atoms with Gasteiger partial charge in [0.2, 0.25) is 15.9 Å². The number of amides is 1. The quantitative estimate of drug-likeness (QED) is 0.630. The lowest BCUT2D eigenvalue weighted by Gasteiger charge is -2.23. The predicted octanol–water partition coefficient (Wildman–Crippen LogP) is 3.01. The van der Waals surface area contributed by atoms with Crippen LogP contribution >= 0.6 is 0 Å². The summed E-state index contributed by atoms with van der Waals surface area (Å²) in [7, 11) is 0.648. The summed E-state index contributed by atoms with van der Waals surface area (Å²) in [6.45, 7) is 3.98. The summed E-state index contributed by atoms with van der Waals surface area (Å²) in [5.41, 5.74) is 1.13. The number of ether oxygens (including phenoxy) is 1. The molecule has 2 rings (SSSR count). The zero-order valence-corrected chi connectivity index (χ0v) is 18.6. The Morgan fingerprint density at radius 1 is 1.13 bits per heavy atom. The van der Waals surface area contributed by atoms with E-state index in [-0.39, 0.29) is 40.8 Å². The first-order valence-corrected chi connectivity index (χ1v) is 10.9. The Morgan fingerprint density at radius 3 is 2.30 bits per heavy atom. The molecule has 0 aromatic heterocycles. The van der Waals surface area contributed by atoms with Crippen molar-refractivity contribution in [3.05, 3.63) is 53.8 Å². The molecule has 0 radical (unpaired) electrons. The average molecular weight is 438 g/mol. The Morgan fingerprint density at radius 2 is 1.77 bits per heavy atom. The molecule has 0 aliphatic rings. The standard InChI is InChI=1S/C21H28FN3O4S/c1-14(2)21(15-6-8-16(22)9-7-15)23-13-20(26)24-18-12-17(10-11-19(18)29-5)30(27,28)25(3)4/h6-12,14,21,23H,13H2,1-5H3,(H,24,26). The SMILES string of the molecule is COc1ccc(S(=O)(=O)N(C)C)cc1NC(=O)CNC(c1ccc(F)cc1)C(C)C. The summed E-state index contributed by atoms with van der Waals surface area (Å²) in [6.07, 6.45) is 0. The monoisotopic (exact) mass is 437 g/mol. The average Bonchev–Trinajstić information content (AvgIpc) is 2.69. The number of carbonyl (C=O) groups is 1. The van der Waals surface area contributed by atoms with E-state index in [1.54, 1.807) is 12.1 Å². The fourth-order valence-electron chi connectivity index (χ4n) is 2.96. The number of rotatable bonds is 9. The second-order valence-corrected chi connectivity index (χ2v) is 9.50. The van der Waals surface area contributed by atoms with Gasteiger partial charge >= 0.3 is 0 Å². The van der Waals surface area contributed by atoms with Crippen molar-refractivity contribution in [2.45, 2.75) is 24.8 Å². The van der Waals surface area contributed by atoms with Gasteiger partial charge in [-0.1, -0.05) is 26.0 Å². The lowest BCUT2D eigenvalue weighted by atomic mass is 9.96. The second kappa shape index (κ2) is 10.0. The van der Waals surface area contributed by atoms with Crippen molar-refractivity contribution in [2.24, 2.45) is 5.92 Å². The van der Waals surface area contributed by atoms with Crippen molar-refractivity contribution in [1.82, 2.24) is 9.62 Å². The first kappa shape index (κ1) is 23.8. The summed E-state index contributed by atoms with van der Waals surface area (Å²) in [5.74, 6) is -0.175. The molecule has 0 saturated heterocycles. The van der Waals surface area contributed by atoms with Gasteiger partial charge in [0.05, 0.1) is 24.2 Å². The van der Waals surface area contributed by atoms with Crippen LogP contribution in [-0.4, -0.2) is 46.4 Å². The van der Waals surface area contributed by atoms with Gasteiger partial charge in [-0.15, -0.1) is 0 Å². The maximum Gasteiger partial charge on any atom is 0.242 e. The number of methoxy groups -OCH3 is 1. The van der Waals surface area contributed by atoms with E-state index in [0.29, 0.717) is 5.75 Å². The van der Waals surface area contributed by atoms with Crippen LogP contribution < -0.4 is 15.4 Å². The van der Waals surface area contributed by atoms with Crippen LogP contribution in [0.1, 0.15) is 25.5 Å². The van der Waals surface area contributed by atoms with E-state index in [1.165, 1.54) is 51.5 Å². The highest BCUT2D eigenvalue weighted by atomic mass is 32.2. The molecule has 0 bridgehead atoms. The molecule has 2 aromatic rings. The largest absolute Gasteiger partial charge is 0.495 e. The zero-order valence-electron chi connectivity index (χ0n) is 17.8. The van der Waals surface area contributed by atoms with Crippen molar-refractivity contribution in [1.29, 1.82) is 0 Å². The van der Waals surface area contributed by atoms with E-state index >= 15 is 0 Å². The lowest BCUT2D eigenvalue weighted by molar-refractivity contribution is -0.115. The second-order valence-electron chi connectivity index (χ2n) is 7.35. The van der Waals surface area contributed by atoms with E-state index in [1.807, 2.05) is 13.8 Å². The van der Waals surface area contributed by atoms with Crippen molar-refractivity contribution >= 4 is 21.6 Å². The molecular formula is C21H28FN3O4S. The molecule has 0 aliphatic carbocycles. The van der Waals surface area contributed by atoms with Crippen LogP contribution in [-0.2, 0) is 14.8 Å². The molecule has 164 valence electrons. The van der Waals surface area contributed by atoms with Gasteiger partial charge in [-0.2, -0.15) is 0 Å². The number of hydrogen-bond acceptors (Lipinski definition) is 5. The van der Waals surface area contributed by atoms with Gasteiger partial charge in [-0.3, -0.25) is 4.79 Å². The highest BCUT2D eigenvalue weighted by molar-refractivity contribution is 7.89. The third-order valence-corrected chi connectivity index (χ3v) is 6.41. The number of carbonyl (C=O) groups excluding carboxylic acids is 1. The summed E-state index contributed by atoms with van der Waals surface area (Å²) in [4.78, 5) is 12.6. The minimum atomic E-state index is -3.66. The maximum atomic E-state index is 13.2. The third-order valence-electron chi connectivity index (χ3n) is 4.60. The molecule has 1 unspecified atom stereocenters. The molecular weight excluding hydrogens is 409 g/mol. The summed E-state index contributed by atoms with van der Waals surface area (Å²) >= 11 is 0. The van der Waals surface area contributed by atoms with Crippen LogP contribution in [0.4, 0.5) is 10.1 Å². The van der Waals surface area contributed by atoms with Crippen molar-refractivity contribution < 1.29 is 22.3 Å². The maximum absolute atomic E-state index is 13.2. The molecule has 2 N–H and O–H groups in total. The number of halogens is 1. The molecule has 7 nitrogen and oxygen atoms in total. The van der Waals surface area contributed by atoms with Gasteiger partial charge in [0.1, 0.15) is 11.6 Å². The smallest absolute Gasteiger partial charge is 0.242 e. The van der Waals surface area contributed by atoms with Gasteiger partial charge in [-0.25, -0.2) is 17.1 Å². The number of nitrogens with one attached hydrogen (secondary N) is 2. The summed E-state index contributed by atoms with van der Waals surface area (Å²) < 4.78 is 44.3. The van der Waals surface area contributed by atoms with Gasteiger partial charge in [0, 0.05) is 20.1 Å². The molecule has 1 amide bonds. The van der Waals surface area contributed by atoms with Crippen LogP contribution in [0.25, 0.3) is 0 Å². The van der Waals surface area contributed by atoms with Gasteiger partial charge in [-0.05, 0) is 41.8 Å². The number of anilines is 1. The lowest BCUT2D eigenvalue weighted by Crippen LogP contribution is -2.33. The first-order valence-electron chi connectivity index (χ1n) is 9.45. The predicted molar refractivity (Wildman–Crippen MR) is 114 cm³/mol. The summed E-state index contributed by atoms with van der Waals surface area (Å²) in [5, 5.41) is 5.87. The number of hydrogen-bond donors (Lipinski definition) is 2. The number of nitrogens with zero attached hydrogens (tertiary/aromatic N) is 1. The van der Waals surface area contributed by atoms with Crippen LogP contribution in [0.2, 0.25) is 0 Å². The topological polar surface area (TPSA) is 87.7 Å². The van der Waals surface area contributed by atoms with E-state index in [2.05, 4.69) is 10.6 Å². The van der Waals surface area contributed by atoms with Gasteiger partial charge in [0.25, 0.3) is 0 Å². The molecule has 30 heavy (non-hydrogen) atoms. The fraction of sp³-hybridized carbons (Fsp3) is 0.381. The zero-order chi connectivity index (χ0) is 22.5. The van der Waals surface area contributed by atoms with E-state index < -0.39 is 10.0 Å². The third kappa shape index (κ3) is 5.78. The minimum absolute atomic E-state index is 0.0198. The Labute approximate surface area is 177 Å². The van der Waals surface area contributed by atoms with E-state index in [0.717, 1.165) is 9.87 Å². The highest BCUT2D eigenvalue weighted by Gasteiger charge is 2.21. The molecule has 2 aromatic carbocycles.